The number of nitrogens with zero attached hydrogens (tertiary/aromatic N) is 3. The Balaban J connectivity index is 0.000000211. The molecule has 0 aliphatic carbocycles. The third kappa shape index (κ3) is 13.8. The summed E-state index contributed by atoms with van der Waals surface area (Å²) in [6, 6.07) is 42.2. The summed E-state index contributed by atoms with van der Waals surface area (Å²) in [4.78, 5) is 30.7. The van der Waals surface area contributed by atoms with Crippen LogP contribution in [-0.4, -0.2) is 96.7 Å². The molecule has 0 radical (unpaired) electrons. The first-order chi connectivity index (χ1) is 25.8. The van der Waals surface area contributed by atoms with Crippen molar-refractivity contribution in [3.05, 3.63) is 144 Å². The molecule has 9 nitrogen and oxygen atoms in total. The van der Waals surface area contributed by atoms with Crippen molar-refractivity contribution in [2.75, 3.05) is 46.0 Å². The van der Waals surface area contributed by atoms with Crippen molar-refractivity contribution < 1.29 is 23.8 Å². The van der Waals surface area contributed by atoms with E-state index in [2.05, 4.69) is 88.8 Å². The molecular weight excluding hydrogens is 665 g/mol. The molecule has 0 spiro atoms. The molecule has 6 rings (SSSR count). The first kappa shape index (κ1) is 39.8. The molecule has 0 aromatic heterocycles. The van der Waals surface area contributed by atoms with Gasteiger partial charge in [-0.3, -0.25) is 19.4 Å². The highest BCUT2D eigenvalue weighted by Gasteiger charge is 2.35. The average Bonchev–Trinajstić information content (AvgIpc) is 3.15. The maximum atomic E-state index is 12.8. The molecule has 282 valence electrons. The van der Waals surface area contributed by atoms with Gasteiger partial charge in [-0.15, -0.1) is 0 Å². The lowest BCUT2D eigenvalue weighted by molar-refractivity contribution is -0.156. The Bertz CT molecular complexity index is 1630. The van der Waals surface area contributed by atoms with Crippen molar-refractivity contribution in [1.82, 2.24) is 20.0 Å². The molecule has 2 aliphatic rings. The smallest absolute Gasteiger partial charge is 0.303 e. The summed E-state index contributed by atoms with van der Waals surface area (Å²) in [5, 5.41) is 3.65. The van der Waals surface area contributed by atoms with Crippen LogP contribution in [0.25, 0.3) is 0 Å². The van der Waals surface area contributed by atoms with E-state index >= 15 is 0 Å². The summed E-state index contributed by atoms with van der Waals surface area (Å²) in [5.41, 5.74) is 4.96. The summed E-state index contributed by atoms with van der Waals surface area (Å²) in [6.07, 6.45) is 0. The molecule has 4 atom stereocenters. The van der Waals surface area contributed by atoms with Crippen molar-refractivity contribution in [3.8, 4) is 0 Å². The molecule has 53 heavy (non-hydrogen) atoms. The van der Waals surface area contributed by atoms with Gasteiger partial charge in [-0.05, 0) is 36.1 Å². The van der Waals surface area contributed by atoms with Gasteiger partial charge in [0.15, 0.2) is 6.61 Å². The molecule has 9 heteroatoms. The van der Waals surface area contributed by atoms with Crippen LogP contribution >= 0.6 is 0 Å². The van der Waals surface area contributed by atoms with E-state index in [-0.39, 0.29) is 24.6 Å². The van der Waals surface area contributed by atoms with Gasteiger partial charge in [0, 0.05) is 64.3 Å². The van der Waals surface area contributed by atoms with E-state index in [1.807, 2.05) is 66.4 Å². The predicted octanol–water partition coefficient (Wildman–Crippen LogP) is 5.93. The summed E-state index contributed by atoms with van der Waals surface area (Å²) in [7, 11) is 0. The fourth-order valence-corrected chi connectivity index (χ4v) is 7.21. The maximum absolute atomic E-state index is 12.8. The van der Waals surface area contributed by atoms with Crippen LogP contribution < -0.4 is 5.32 Å². The van der Waals surface area contributed by atoms with Gasteiger partial charge in [0.1, 0.15) is 0 Å². The summed E-state index contributed by atoms with van der Waals surface area (Å²) >= 11 is 0. The molecule has 2 saturated heterocycles. The molecule has 0 saturated carbocycles. The lowest BCUT2D eigenvalue weighted by Gasteiger charge is -2.45. The quantitative estimate of drug-likeness (QED) is 0.161. The van der Waals surface area contributed by atoms with E-state index in [4.69, 9.17) is 14.2 Å². The zero-order valence-corrected chi connectivity index (χ0v) is 31.5. The second-order valence-electron chi connectivity index (χ2n) is 14.2. The number of rotatable bonds is 14. The van der Waals surface area contributed by atoms with Gasteiger partial charge in [-0.1, -0.05) is 121 Å². The Hall–Kier alpha value is -4.38. The third-order valence-electron chi connectivity index (χ3n) is 9.43. The average molecular weight is 721 g/mol. The first-order valence-corrected chi connectivity index (χ1v) is 18.8. The third-order valence-corrected chi connectivity index (χ3v) is 9.43. The van der Waals surface area contributed by atoms with Gasteiger partial charge in [-0.25, -0.2) is 0 Å². The van der Waals surface area contributed by atoms with Crippen LogP contribution in [0.15, 0.2) is 121 Å². The van der Waals surface area contributed by atoms with E-state index < -0.39 is 5.97 Å². The first-order valence-electron chi connectivity index (χ1n) is 18.8. The highest BCUT2D eigenvalue weighted by Crippen LogP contribution is 2.20. The molecule has 0 bridgehead atoms. The van der Waals surface area contributed by atoms with Gasteiger partial charge in [-0.2, -0.15) is 0 Å². The van der Waals surface area contributed by atoms with Gasteiger partial charge in [0.05, 0.1) is 32.5 Å². The van der Waals surface area contributed by atoms with Crippen LogP contribution in [0.3, 0.4) is 0 Å². The Labute approximate surface area is 315 Å². The molecule has 2 aliphatic heterocycles. The lowest BCUT2D eigenvalue weighted by atomic mass is 10.1. The zero-order chi connectivity index (χ0) is 37.3. The molecular formula is C44H56N4O5. The van der Waals surface area contributed by atoms with Crippen molar-refractivity contribution in [2.45, 2.75) is 71.2 Å². The van der Waals surface area contributed by atoms with Crippen molar-refractivity contribution >= 4 is 11.9 Å². The molecule has 1 amide bonds. The minimum absolute atomic E-state index is 0.00385. The summed E-state index contributed by atoms with van der Waals surface area (Å²) in [6.45, 7) is 13.2. The Morgan fingerprint density at radius 2 is 1.09 bits per heavy atom. The van der Waals surface area contributed by atoms with Gasteiger partial charge in [0.25, 0.3) is 5.91 Å². The highest BCUT2D eigenvalue weighted by molar-refractivity contribution is 5.80. The minimum Gasteiger partial charge on any atom is -0.456 e. The van der Waals surface area contributed by atoms with E-state index in [1.165, 1.54) is 23.6 Å². The maximum Gasteiger partial charge on any atom is 0.303 e. The van der Waals surface area contributed by atoms with Crippen LogP contribution in [0.2, 0.25) is 0 Å². The van der Waals surface area contributed by atoms with Crippen LogP contribution in [0.5, 0.6) is 0 Å². The number of hydrogen-bond acceptors (Lipinski definition) is 8. The highest BCUT2D eigenvalue weighted by atomic mass is 16.5. The van der Waals surface area contributed by atoms with Gasteiger partial charge >= 0.3 is 5.97 Å². The zero-order valence-electron chi connectivity index (χ0n) is 31.5. The SMILES string of the molecule is CC(=O)OCC(=O)N1[C@@H](COCc2ccccc2)CN(Cc2ccccc2)C[C@@H]1C.C[C@H]1CN(Cc2ccccc2)C[C@H](COCc2ccccc2)N1. The molecule has 1 N–H and O–H groups in total. The lowest BCUT2D eigenvalue weighted by Crippen LogP contribution is -2.61. The minimum atomic E-state index is -0.449. The topological polar surface area (TPSA) is 83.6 Å². The van der Waals surface area contributed by atoms with Crippen LogP contribution in [0.4, 0.5) is 0 Å². The van der Waals surface area contributed by atoms with Crippen LogP contribution in [-0.2, 0) is 50.1 Å². The van der Waals surface area contributed by atoms with E-state index in [0.717, 1.165) is 44.9 Å². The van der Waals surface area contributed by atoms with E-state index in [0.29, 0.717) is 38.4 Å². The van der Waals surface area contributed by atoms with Gasteiger partial charge < -0.3 is 24.4 Å². The molecule has 0 unspecified atom stereocenters. The van der Waals surface area contributed by atoms with E-state index in [9.17, 15) is 9.59 Å². The second kappa shape index (κ2) is 21.4. The molecule has 4 aromatic rings. The number of ether oxygens (including phenoxy) is 3. The van der Waals surface area contributed by atoms with Crippen LogP contribution in [0, 0.1) is 0 Å². The normalized spacial score (nSPS) is 20.6. The van der Waals surface area contributed by atoms with Crippen molar-refractivity contribution in [2.24, 2.45) is 0 Å². The standard InChI is InChI=1S/C24H30N2O4.C20H26N2O/c1-19-13-25(14-21-9-5-3-6-10-21)15-23(26(19)24(28)18-30-20(2)27)17-29-16-22-11-7-4-8-12-22;1-17-12-22(13-18-8-4-2-5-9-18)14-20(21-17)16-23-15-19-10-6-3-7-11-19/h3-12,19,23H,13-18H2,1-2H3;2-11,17,20-21H,12-16H2,1H3/t19-,23+;17-,20+/m00/s1. The molecule has 2 heterocycles. The summed E-state index contributed by atoms with van der Waals surface area (Å²) < 4.78 is 16.9. The number of nitrogens with one attached hydrogen (secondary N) is 1. The molecule has 4 aromatic carbocycles. The van der Waals surface area contributed by atoms with Crippen molar-refractivity contribution in [1.29, 1.82) is 0 Å². The fraction of sp³-hybridized carbons (Fsp3) is 0.409. The number of benzene rings is 4. The Kier molecular flexibility index (Phi) is 16.0. The number of carbonyl (C=O) groups is 2. The van der Waals surface area contributed by atoms with Crippen molar-refractivity contribution in [3.63, 3.8) is 0 Å². The second-order valence-corrected chi connectivity index (χ2v) is 14.2. The van der Waals surface area contributed by atoms with Crippen LogP contribution in [0.1, 0.15) is 43.0 Å². The Morgan fingerprint density at radius 1 is 0.623 bits per heavy atom. The monoisotopic (exact) mass is 720 g/mol. The largest absolute Gasteiger partial charge is 0.456 e. The number of hydrogen-bond donors (Lipinski definition) is 1. The number of piperazine rings is 2. The predicted molar refractivity (Wildman–Crippen MR) is 209 cm³/mol. The number of esters is 1. The van der Waals surface area contributed by atoms with Gasteiger partial charge in [0.2, 0.25) is 0 Å². The molecule has 2 fully saturated rings. The number of amides is 1. The Morgan fingerprint density at radius 3 is 1.60 bits per heavy atom. The number of carbonyl (C=O) groups excluding carboxylic acids is 2. The summed E-state index contributed by atoms with van der Waals surface area (Å²) in [5.74, 6) is -0.624. The fourth-order valence-electron chi connectivity index (χ4n) is 7.21. The van der Waals surface area contributed by atoms with E-state index in [1.54, 1.807) is 0 Å².